The number of hydrogen-bond acceptors (Lipinski definition) is 5. The van der Waals surface area contributed by atoms with Crippen LogP contribution in [0.25, 0.3) is 27.9 Å². The van der Waals surface area contributed by atoms with Crippen molar-refractivity contribution in [3.05, 3.63) is 111 Å². The number of carbonyl (C=O) groups is 1. The Kier molecular flexibility index (Phi) is 6.41. The van der Waals surface area contributed by atoms with Gasteiger partial charge in [-0.2, -0.15) is 0 Å². The van der Waals surface area contributed by atoms with Crippen LogP contribution in [0.3, 0.4) is 0 Å². The van der Waals surface area contributed by atoms with Gasteiger partial charge in [-0.3, -0.25) is 9.36 Å². The Morgan fingerprint density at radius 3 is 2.53 bits per heavy atom. The average Bonchev–Trinajstić information content (AvgIpc) is 3.27. The Labute approximate surface area is 212 Å². The zero-order valence-electron chi connectivity index (χ0n) is 17.6. The van der Waals surface area contributed by atoms with Crippen molar-refractivity contribution in [2.75, 3.05) is 5.75 Å². The Hall–Kier alpha value is -3.13. The molecule has 2 heterocycles. The molecule has 0 fully saturated rings. The molecular formula is C26H16BrClN2O3S. The van der Waals surface area contributed by atoms with Gasteiger partial charge in [0.15, 0.2) is 10.9 Å². The molecule has 0 unspecified atom stereocenters. The molecule has 8 heteroatoms. The van der Waals surface area contributed by atoms with Gasteiger partial charge in [-0.05, 0) is 48.5 Å². The van der Waals surface area contributed by atoms with Crippen LogP contribution in [0.2, 0.25) is 5.02 Å². The monoisotopic (exact) mass is 550 g/mol. The van der Waals surface area contributed by atoms with Crippen molar-refractivity contribution in [1.29, 1.82) is 0 Å². The number of thioether (sulfide) groups is 1. The molecule has 5 nitrogen and oxygen atoms in total. The highest BCUT2D eigenvalue weighted by molar-refractivity contribution is 9.10. The molecule has 0 bridgehead atoms. The van der Waals surface area contributed by atoms with Crippen molar-refractivity contribution >= 4 is 56.0 Å². The first-order valence-corrected chi connectivity index (χ1v) is 12.4. The van der Waals surface area contributed by atoms with Crippen LogP contribution in [-0.4, -0.2) is 21.1 Å². The Balaban J connectivity index is 1.47. The number of carbonyl (C=O) groups excluding carboxylic acids is 1. The fraction of sp³-hybridized carbons (Fsp3) is 0.0385. The number of Topliss-reactive ketones (excluding diaryl/α,β-unsaturated/α-hetero) is 1. The Morgan fingerprint density at radius 1 is 1.03 bits per heavy atom. The number of para-hydroxylation sites is 1. The number of aromatic nitrogens is 2. The predicted octanol–water partition coefficient (Wildman–Crippen LogP) is 7.04. The van der Waals surface area contributed by atoms with Crippen molar-refractivity contribution in [2.45, 2.75) is 5.16 Å². The molecular weight excluding hydrogens is 536 g/mol. The van der Waals surface area contributed by atoms with Crippen LogP contribution in [0.1, 0.15) is 10.4 Å². The summed E-state index contributed by atoms with van der Waals surface area (Å²) in [4.78, 5) is 30.1. The molecule has 0 radical (unpaired) electrons. The highest BCUT2D eigenvalue weighted by Crippen LogP contribution is 2.29. The lowest BCUT2D eigenvalue weighted by atomic mass is 10.1. The zero-order chi connectivity index (χ0) is 23.7. The second-order valence-electron chi connectivity index (χ2n) is 7.46. The van der Waals surface area contributed by atoms with Crippen LogP contribution >= 0.6 is 39.3 Å². The van der Waals surface area contributed by atoms with Gasteiger partial charge < -0.3 is 4.42 Å². The first-order chi connectivity index (χ1) is 16.5. The van der Waals surface area contributed by atoms with E-state index in [2.05, 4.69) is 15.9 Å². The van der Waals surface area contributed by atoms with Gasteiger partial charge >= 0.3 is 5.63 Å². The van der Waals surface area contributed by atoms with E-state index in [0.717, 1.165) is 21.4 Å². The summed E-state index contributed by atoms with van der Waals surface area (Å²) in [6, 6.07) is 23.9. The number of halogens is 2. The molecule has 0 aliphatic rings. The van der Waals surface area contributed by atoms with E-state index in [-0.39, 0.29) is 17.1 Å². The molecule has 3 aromatic carbocycles. The quantitative estimate of drug-likeness (QED) is 0.129. The highest BCUT2D eigenvalue weighted by Gasteiger charge is 2.18. The molecule has 0 aliphatic carbocycles. The number of fused-ring (bicyclic) bond motifs is 1. The van der Waals surface area contributed by atoms with E-state index in [1.165, 1.54) is 11.8 Å². The molecule has 34 heavy (non-hydrogen) atoms. The number of ketones is 1. The summed E-state index contributed by atoms with van der Waals surface area (Å²) in [5.41, 5.74) is 2.42. The largest absolute Gasteiger partial charge is 0.422 e. The normalized spacial score (nSPS) is 11.1. The van der Waals surface area contributed by atoms with Gasteiger partial charge in [0, 0.05) is 32.3 Å². The summed E-state index contributed by atoms with van der Waals surface area (Å²) in [5, 5.41) is 1.96. The zero-order valence-corrected chi connectivity index (χ0v) is 20.7. The van der Waals surface area contributed by atoms with Crippen LogP contribution in [0.5, 0.6) is 0 Å². The van der Waals surface area contributed by atoms with Crippen LogP contribution in [0.15, 0.2) is 104 Å². The number of hydrogen-bond donors (Lipinski definition) is 0. The number of rotatable bonds is 6. The van der Waals surface area contributed by atoms with Gasteiger partial charge in [-0.25, -0.2) is 9.78 Å². The lowest BCUT2D eigenvalue weighted by molar-refractivity contribution is 0.101. The van der Waals surface area contributed by atoms with E-state index in [0.29, 0.717) is 21.1 Å². The minimum Gasteiger partial charge on any atom is -0.422 e. The van der Waals surface area contributed by atoms with Crippen molar-refractivity contribution in [2.24, 2.45) is 0 Å². The minimum absolute atomic E-state index is 0.0314. The maximum atomic E-state index is 12.9. The second-order valence-corrected chi connectivity index (χ2v) is 9.75. The third-order valence-corrected chi connectivity index (χ3v) is 6.93. The fourth-order valence-corrected chi connectivity index (χ4v) is 4.74. The van der Waals surface area contributed by atoms with Crippen LogP contribution in [0, 0.1) is 0 Å². The third-order valence-electron chi connectivity index (χ3n) is 5.19. The highest BCUT2D eigenvalue weighted by atomic mass is 79.9. The fourth-order valence-electron chi connectivity index (χ4n) is 3.48. The van der Waals surface area contributed by atoms with Crippen molar-refractivity contribution in [1.82, 2.24) is 9.55 Å². The third kappa shape index (κ3) is 4.73. The Bertz CT molecular complexity index is 1560. The minimum atomic E-state index is -0.638. The van der Waals surface area contributed by atoms with Crippen LogP contribution in [0.4, 0.5) is 0 Å². The summed E-state index contributed by atoms with van der Waals surface area (Å²) >= 11 is 10.8. The number of nitrogens with zero attached hydrogens (tertiary/aromatic N) is 2. The smallest absolute Gasteiger partial charge is 0.347 e. The topological polar surface area (TPSA) is 65.1 Å². The van der Waals surface area contributed by atoms with Gasteiger partial charge in [-0.1, -0.05) is 69.6 Å². The Morgan fingerprint density at radius 2 is 1.76 bits per heavy atom. The maximum absolute atomic E-state index is 12.9. The number of benzene rings is 3. The molecule has 0 atom stereocenters. The first-order valence-electron chi connectivity index (χ1n) is 10.3. The molecule has 0 N–H and O–H groups in total. The summed E-state index contributed by atoms with van der Waals surface area (Å²) in [7, 11) is 0. The number of imidazole rings is 1. The average molecular weight is 552 g/mol. The van der Waals surface area contributed by atoms with E-state index in [9.17, 15) is 9.59 Å². The molecule has 0 aliphatic heterocycles. The van der Waals surface area contributed by atoms with Gasteiger partial charge in [0.2, 0.25) is 0 Å². The summed E-state index contributed by atoms with van der Waals surface area (Å²) in [5.74, 6) is -0.284. The summed E-state index contributed by atoms with van der Waals surface area (Å²) < 4.78 is 8.21. The first kappa shape index (κ1) is 22.7. The van der Waals surface area contributed by atoms with Crippen molar-refractivity contribution in [3.8, 4) is 16.9 Å². The van der Waals surface area contributed by atoms with E-state index in [1.807, 2.05) is 53.2 Å². The SMILES string of the molecule is O=C(CSc1nc(-c2ccc(Br)cc2)cn1-c1ccc(Cl)cc1)c1cc2ccccc2oc1=O. The molecule has 5 aromatic rings. The molecule has 0 saturated carbocycles. The lowest BCUT2D eigenvalue weighted by Crippen LogP contribution is -2.15. The molecule has 0 amide bonds. The van der Waals surface area contributed by atoms with Crippen LogP contribution < -0.4 is 5.63 Å². The standard InChI is InChI=1S/C26H16BrClN2O3S/c27-18-7-5-16(6-8-18)22-14-30(20-11-9-19(28)10-12-20)26(29-22)34-15-23(31)21-13-17-3-1-2-4-24(17)33-25(21)32/h1-14H,15H2. The molecule has 2 aromatic heterocycles. The van der Waals surface area contributed by atoms with Crippen molar-refractivity contribution in [3.63, 3.8) is 0 Å². The second kappa shape index (κ2) is 9.62. The molecule has 0 saturated heterocycles. The van der Waals surface area contributed by atoms with Gasteiger partial charge in [-0.15, -0.1) is 0 Å². The molecule has 168 valence electrons. The van der Waals surface area contributed by atoms with Crippen molar-refractivity contribution < 1.29 is 9.21 Å². The van der Waals surface area contributed by atoms with Gasteiger partial charge in [0.05, 0.1) is 11.4 Å². The lowest BCUT2D eigenvalue weighted by Gasteiger charge is -2.07. The van der Waals surface area contributed by atoms with Gasteiger partial charge in [0.25, 0.3) is 0 Å². The van der Waals surface area contributed by atoms with Crippen LogP contribution in [-0.2, 0) is 0 Å². The van der Waals surface area contributed by atoms with E-state index in [1.54, 1.807) is 36.4 Å². The molecule has 0 spiro atoms. The summed E-state index contributed by atoms with van der Waals surface area (Å²) in [6.45, 7) is 0. The van der Waals surface area contributed by atoms with E-state index >= 15 is 0 Å². The van der Waals surface area contributed by atoms with Gasteiger partial charge in [0.1, 0.15) is 11.1 Å². The maximum Gasteiger partial charge on any atom is 0.347 e. The molecule has 5 rings (SSSR count). The van der Waals surface area contributed by atoms with E-state index < -0.39 is 5.63 Å². The van der Waals surface area contributed by atoms with E-state index in [4.69, 9.17) is 21.0 Å². The predicted molar refractivity (Wildman–Crippen MR) is 139 cm³/mol. The summed E-state index contributed by atoms with van der Waals surface area (Å²) in [6.07, 6.45) is 1.92.